The minimum absolute atomic E-state index is 0.0527. The third kappa shape index (κ3) is 6.33. The molecule has 0 spiro atoms. The van der Waals surface area contributed by atoms with Crippen molar-refractivity contribution in [2.75, 3.05) is 13.2 Å². The monoisotopic (exact) mass is 319 g/mol. The van der Waals surface area contributed by atoms with E-state index in [1.807, 2.05) is 20.8 Å². The van der Waals surface area contributed by atoms with Gasteiger partial charge in [-0.15, -0.1) is 0 Å². The Hall–Kier alpha value is -0.650. The van der Waals surface area contributed by atoms with E-state index in [-0.39, 0.29) is 18.0 Å². The number of rotatable bonds is 5. The van der Waals surface area contributed by atoms with Crippen molar-refractivity contribution in [1.29, 1.82) is 0 Å². The van der Waals surface area contributed by atoms with E-state index < -0.39 is 6.10 Å². The molecule has 1 unspecified atom stereocenters. The fourth-order valence-electron chi connectivity index (χ4n) is 1.29. The van der Waals surface area contributed by atoms with E-state index in [2.05, 4.69) is 21.2 Å². The van der Waals surface area contributed by atoms with Gasteiger partial charge < -0.3 is 15.2 Å². The Labute approximate surface area is 115 Å². The van der Waals surface area contributed by atoms with Gasteiger partial charge in [-0.05, 0) is 32.9 Å². The number of β-amino-alcohol motifs (C(OH)–C–C–N with tert-alkyl or cyclic N) is 1. The second-order valence-electron chi connectivity index (χ2n) is 5.20. The van der Waals surface area contributed by atoms with Gasteiger partial charge >= 0.3 is 0 Å². The van der Waals surface area contributed by atoms with Gasteiger partial charge in [0.25, 0.3) is 0 Å². The van der Waals surface area contributed by atoms with Crippen LogP contribution in [0.3, 0.4) is 0 Å². The number of benzene rings is 1. The summed E-state index contributed by atoms with van der Waals surface area (Å²) in [5.41, 5.74) is -0.0527. The van der Waals surface area contributed by atoms with Gasteiger partial charge in [-0.2, -0.15) is 0 Å². The summed E-state index contributed by atoms with van der Waals surface area (Å²) < 4.78 is 19.0. The molecule has 2 N–H and O–H groups in total. The maximum atomic E-state index is 13.1. The molecule has 0 amide bonds. The summed E-state index contributed by atoms with van der Waals surface area (Å²) in [5, 5.41) is 12.9. The number of halogens is 2. The summed E-state index contributed by atoms with van der Waals surface area (Å²) in [4.78, 5) is 0. The van der Waals surface area contributed by atoms with Crippen molar-refractivity contribution >= 4 is 15.9 Å². The third-order valence-corrected chi connectivity index (χ3v) is 2.60. The van der Waals surface area contributed by atoms with E-state index in [0.717, 1.165) is 0 Å². The minimum atomic E-state index is -0.633. The Morgan fingerprint density at radius 1 is 1.39 bits per heavy atom. The fraction of sp³-hybridized carbons (Fsp3) is 0.538. The molecule has 1 rings (SSSR count). The highest BCUT2D eigenvalue weighted by Crippen LogP contribution is 2.20. The summed E-state index contributed by atoms with van der Waals surface area (Å²) in [6, 6.07) is 4.30. The number of nitrogens with one attached hydrogen (secondary N) is 1. The Kier molecular flexibility index (Phi) is 5.56. The van der Waals surface area contributed by atoms with E-state index in [9.17, 15) is 9.50 Å². The topological polar surface area (TPSA) is 41.5 Å². The van der Waals surface area contributed by atoms with Gasteiger partial charge in [0.1, 0.15) is 24.3 Å². The van der Waals surface area contributed by atoms with Crippen molar-refractivity contribution in [3.8, 4) is 5.75 Å². The molecule has 1 atom stereocenters. The lowest BCUT2D eigenvalue weighted by atomic mass is 10.1. The van der Waals surface area contributed by atoms with Gasteiger partial charge in [0, 0.05) is 22.6 Å². The molecule has 0 heterocycles. The maximum Gasteiger partial charge on any atom is 0.128 e. The molecule has 5 heteroatoms. The first-order valence-corrected chi connectivity index (χ1v) is 6.57. The van der Waals surface area contributed by atoms with E-state index in [1.54, 1.807) is 6.07 Å². The molecule has 3 nitrogen and oxygen atoms in total. The first kappa shape index (κ1) is 15.4. The predicted molar refractivity (Wildman–Crippen MR) is 73.4 cm³/mol. The molecule has 0 aliphatic heterocycles. The highest BCUT2D eigenvalue weighted by Gasteiger charge is 2.12. The molecule has 102 valence electrons. The molecular formula is C13H19BrFNO2. The Morgan fingerprint density at radius 3 is 2.61 bits per heavy atom. The summed E-state index contributed by atoms with van der Waals surface area (Å²) in [7, 11) is 0. The maximum absolute atomic E-state index is 13.1. The average Bonchev–Trinajstić information content (AvgIpc) is 2.21. The van der Waals surface area contributed by atoms with Crippen LogP contribution in [0.4, 0.5) is 4.39 Å². The van der Waals surface area contributed by atoms with Gasteiger partial charge in [0.05, 0.1) is 0 Å². The van der Waals surface area contributed by atoms with Gasteiger partial charge in [0.2, 0.25) is 0 Å². The first-order valence-electron chi connectivity index (χ1n) is 5.78. The van der Waals surface area contributed by atoms with Crippen molar-refractivity contribution in [3.63, 3.8) is 0 Å². The number of hydrogen-bond donors (Lipinski definition) is 2. The lowest BCUT2D eigenvalue weighted by Crippen LogP contribution is -2.42. The van der Waals surface area contributed by atoms with Crippen molar-refractivity contribution < 1.29 is 14.2 Å². The van der Waals surface area contributed by atoms with Gasteiger partial charge in [0.15, 0.2) is 0 Å². The van der Waals surface area contributed by atoms with Crippen molar-refractivity contribution in [2.45, 2.75) is 32.4 Å². The standard InChI is InChI=1S/C13H19BrFNO2/c1-13(2,3)16-7-11(17)8-18-12-5-9(14)4-10(15)6-12/h4-6,11,16-17H,7-8H2,1-3H3. The van der Waals surface area contributed by atoms with Crippen LogP contribution in [0.15, 0.2) is 22.7 Å². The molecule has 0 saturated heterocycles. The van der Waals surface area contributed by atoms with Gasteiger partial charge in [-0.1, -0.05) is 15.9 Å². The van der Waals surface area contributed by atoms with Crippen LogP contribution in [0, 0.1) is 5.82 Å². The summed E-state index contributed by atoms with van der Waals surface area (Å²) >= 11 is 3.18. The predicted octanol–water partition coefficient (Wildman–Crippen LogP) is 2.72. The van der Waals surface area contributed by atoms with Crippen molar-refractivity contribution in [1.82, 2.24) is 5.32 Å². The quantitative estimate of drug-likeness (QED) is 0.876. The van der Waals surface area contributed by atoms with E-state index in [1.165, 1.54) is 12.1 Å². The largest absolute Gasteiger partial charge is 0.491 e. The molecule has 1 aromatic carbocycles. The Balaban J connectivity index is 2.40. The highest BCUT2D eigenvalue weighted by molar-refractivity contribution is 9.10. The lowest BCUT2D eigenvalue weighted by Gasteiger charge is -2.23. The molecule has 18 heavy (non-hydrogen) atoms. The number of aliphatic hydroxyl groups excluding tert-OH is 1. The molecule has 0 aliphatic rings. The molecule has 0 aliphatic carbocycles. The molecular weight excluding hydrogens is 301 g/mol. The normalized spacial score (nSPS) is 13.4. The Morgan fingerprint density at radius 2 is 2.06 bits per heavy atom. The average molecular weight is 320 g/mol. The van der Waals surface area contributed by atoms with Crippen LogP contribution in [0.2, 0.25) is 0 Å². The van der Waals surface area contributed by atoms with Crippen LogP contribution in [-0.2, 0) is 0 Å². The van der Waals surface area contributed by atoms with Crippen LogP contribution in [0.25, 0.3) is 0 Å². The second-order valence-corrected chi connectivity index (χ2v) is 6.12. The number of ether oxygens (including phenoxy) is 1. The molecule has 0 fully saturated rings. The highest BCUT2D eigenvalue weighted by atomic mass is 79.9. The zero-order valence-corrected chi connectivity index (χ0v) is 12.4. The zero-order chi connectivity index (χ0) is 13.8. The SMILES string of the molecule is CC(C)(C)NCC(O)COc1cc(F)cc(Br)c1. The minimum Gasteiger partial charge on any atom is -0.491 e. The van der Waals surface area contributed by atoms with Crippen LogP contribution in [0.5, 0.6) is 5.75 Å². The first-order chi connectivity index (χ1) is 8.26. The van der Waals surface area contributed by atoms with Crippen molar-refractivity contribution in [2.24, 2.45) is 0 Å². The van der Waals surface area contributed by atoms with Gasteiger partial charge in [-0.25, -0.2) is 4.39 Å². The van der Waals surface area contributed by atoms with E-state index in [0.29, 0.717) is 16.8 Å². The fourth-order valence-corrected chi connectivity index (χ4v) is 1.73. The second kappa shape index (κ2) is 6.50. The molecule has 0 radical (unpaired) electrons. The zero-order valence-electron chi connectivity index (χ0n) is 10.8. The lowest BCUT2D eigenvalue weighted by molar-refractivity contribution is 0.0998. The molecule has 1 aromatic rings. The van der Waals surface area contributed by atoms with Crippen LogP contribution >= 0.6 is 15.9 Å². The molecule has 0 aromatic heterocycles. The Bertz CT molecular complexity index is 373. The van der Waals surface area contributed by atoms with E-state index >= 15 is 0 Å². The molecule has 0 bridgehead atoms. The van der Waals surface area contributed by atoms with Crippen LogP contribution in [0.1, 0.15) is 20.8 Å². The van der Waals surface area contributed by atoms with Crippen molar-refractivity contribution in [3.05, 3.63) is 28.5 Å². The summed E-state index contributed by atoms with van der Waals surface area (Å²) in [6.45, 7) is 6.61. The van der Waals surface area contributed by atoms with Crippen LogP contribution in [-0.4, -0.2) is 29.9 Å². The summed E-state index contributed by atoms with van der Waals surface area (Å²) in [5.74, 6) is 0.0263. The summed E-state index contributed by atoms with van der Waals surface area (Å²) in [6.07, 6.45) is -0.633. The number of aliphatic hydroxyl groups is 1. The third-order valence-electron chi connectivity index (χ3n) is 2.15. The smallest absolute Gasteiger partial charge is 0.128 e. The van der Waals surface area contributed by atoms with E-state index in [4.69, 9.17) is 4.74 Å². The van der Waals surface area contributed by atoms with Crippen LogP contribution < -0.4 is 10.1 Å². The van der Waals surface area contributed by atoms with Gasteiger partial charge in [-0.3, -0.25) is 0 Å². The molecule has 0 saturated carbocycles. The number of hydrogen-bond acceptors (Lipinski definition) is 3.